The van der Waals surface area contributed by atoms with Crippen molar-refractivity contribution < 1.29 is 4.79 Å². The molecular formula is C19H22OS2. The highest BCUT2D eigenvalue weighted by atomic mass is 32.1. The molecular weight excluding hydrogens is 308 g/mol. The second-order valence-corrected chi connectivity index (χ2v) is 10.1. The quantitative estimate of drug-likeness (QED) is 0.736. The van der Waals surface area contributed by atoms with Gasteiger partial charge in [-0.15, -0.1) is 22.7 Å². The highest BCUT2D eigenvalue weighted by Crippen LogP contribution is 2.62. The van der Waals surface area contributed by atoms with E-state index in [4.69, 9.17) is 0 Å². The Bertz CT molecular complexity index is 705. The minimum absolute atomic E-state index is 0.159. The second-order valence-electron chi connectivity index (χ2n) is 7.15. The lowest BCUT2D eigenvalue weighted by molar-refractivity contribution is -0.124. The van der Waals surface area contributed by atoms with Crippen LogP contribution < -0.4 is 0 Å². The summed E-state index contributed by atoms with van der Waals surface area (Å²) in [5.74, 6) is 0.516. The maximum atomic E-state index is 13.5. The fraction of sp³-hybridized carbons (Fsp3) is 0.526. The second kappa shape index (κ2) is 4.55. The minimum Gasteiger partial charge on any atom is -0.298 e. The van der Waals surface area contributed by atoms with Gasteiger partial charge in [0.25, 0.3) is 0 Å². The van der Waals surface area contributed by atoms with Crippen molar-refractivity contribution in [3.63, 3.8) is 0 Å². The maximum Gasteiger partial charge on any atom is 0.153 e. The van der Waals surface area contributed by atoms with E-state index < -0.39 is 0 Å². The number of rotatable bonds is 4. The first-order chi connectivity index (χ1) is 10.4. The Morgan fingerprint density at radius 1 is 0.818 bits per heavy atom. The highest BCUT2D eigenvalue weighted by molar-refractivity contribution is 7.12. The van der Waals surface area contributed by atoms with Gasteiger partial charge in [0.15, 0.2) is 5.78 Å². The van der Waals surface area contributed by atoms with E-state index in [0.29, 0.717) is 5.78 Å². The summed E-state index contributed by atoms with van der Waals surface area (Å²) in [6.45, 7) is 8.67. The number of aryl methyl sites for hydroxylation is 4. The molecule has 2 aromatic rings. The van der Waals surface area contributed by atoms with Crippen LogP contribution in [0, 0.1) is 27.7 Å². The van der Waals surface area contributed by atoms with Crippen molar-refractivity contribution in [3.05, 3.63) is 42.8 Å². The third-order valence-electron chi connectivity index (χ3n) is 5.48. The molecule has 0 amide bonds. The smallest absolute Gasteiger partial charge is 0.153 e. The molecule has 22 heavy (non-hydrogen) atoms. The Morgan fingerprint density at radius 3 is 1.41 bits per heavy atom. The molecule has 116 valence electrons. The zero-order valence-corrected chi connectivity index (χ0v) is 15.3. The molecule has 0 aliphatic heterocycles. The van der Waals surface area contributed by atoms with Gasteiger partial charge >= 0.3 is 0 Å². The summed E-state index contributed by atoms with van der Waals surface area (Å²) in [5.41, 5.74) is 2.34. The molecule has 2 aliphatic carbocycles. The van der Waals surface area contributed by atoms with E-state index in [0.717, 1.165) is 25.7 Å². The molecule has 2 aliphatic rings. The minimum atomic E-state index is -0.159. The van der Waals surface area contributed by atoms with Gasteiger partial charge in [0, 0.05) is 19.5 Å². The monoisotopic (exact) mass is 330 g/mol. The van der Waals surface area contributed by atoms with Crippen LogP contribution in [0.5, 0.6) is 0 Å². The normalized spacial score (nSPS) is 20.9. The number of thiophene rings is 2. The predicted octanol–water partition coefficient (Wildman–Crippen LogP) is 5.38. The standard InChI is InChI=1S/C19H22OS2/c1-11-9-15(13(3)21-11)18(5-6-18)17(20)19(7-8-19)16-10-12(2)22-14(16)4/h9-10H,5-8H2,1-4H3. The largest absolute Gasteiger partial charge is 0.298 e. The summed E-state index contributed by atoms with van der Waals surface area (Å²) >= 11 is 3.67. The Hall–Kier alpha value is -0.930. The molecule has 2 heterocycles. The highest BCUT2D eigenvalue weighted by Gasteiger charge is 2.64. The SMILES string of the molecule is Cc1cc(C2(C(=O)C3(c4cc(C)sc4C)CC3)CC2)c(C)s1. The predicted molar refractivity (Wildman–Crippen MR) is 94.4 cm³/mol. The number of hydrogen-bond acceptors (Lipinski definition) is 3. The summed E-state index contributed by atoms with van der Waals surface area (Å²) < 4.78 is 0. The number of carbonyl (C=O) groups is 1. The topological polar surface area (TPSA) is 17.1 Å². The zero-order chi connectivity index (χ0) is 15.7. The summed E-state index contributed by atoms with van der Waals surface area (Å²) in [7, 11) is 0. The lowest BCUT2D eigenvalue weighted by Gasteiger charge is -2.22. The van der Waals surface area contributed by atoms with E-state index in [9.17, 15) is 4.79 Å². The fourth-order valence-corrected chi connectivity index (χ4v) is 6.21. The molecule has 2 aromatic heterocycles. The number of carbonyl (C=O) groups excluding carboxylic acids is 1. The summed E-state index contributed by atoms with van der Waals surface area (Å²) in [6, 6.07) is 4.54. The molecule has 0 N–H and O–H groups in total. The first-order valence-corrected chi connectivity index (χ1v) is 9.72. The van der Waals surface area contributed by atoms with Crippen molar-refractivity contribution >= 4 is 28.5 Å². The molecule has 3 heteroatoms. The molecule has 4 rings (SSSR count). The van der Waals surface area contributed by atoms with Gasteiger partial charge in [-0.2, -0.15) is 0 Å². The molecule has 0 atom stereocenters. The van der Waals surface area contributed by atoms with E-state index in [2.05, 4.69) is 39.8 Å². The molecule has 1 nitrogen and oxygen atoms in total. The van der Waals surface area contributed by atoms with Crippen LogP contribution in [0.1, 0.15) is 56.3 Å². The molecule has 0 spiro atoms. The first-order valence-electron chi connectivity index (χ1n) is 8.09. The van der Waals surface area contributed by atoms with E-state index in [1.807, 2.05) is 22.7 Å². The van der Waals surface area contributed by atoms with Crippen LogP contribution in [-0.4, -0.2) is 5.78 Å². The van der Waals surface area contributed by atoms with Gasteiger partial charge in [0.2, 0.25) is 0 Å². The van der Waals surface area contributed by atoms with Gasteiger partial charge in [-0.05, 0) is 76.6 Å². The van der Waals surface area contributed by atoms with Gasteiger partial charge < -0.3 is 0 Å². The van der Waals surface area contributed by atoms with E-state index in [-0.39, 0.29) is 10.8 Å². The van der Waals surface area contributed by atoms with Crippen LogP contribution in [0.15, 0.2) is 12.1 Å². The molecule has 0 aromatic carbocycles. The van der Waals surface area contributed by atoms with Gasteiger partial charge in [0.1, 0.15) is 0 Å². The van der Waals surface area contributed by atoms with Crippen LogP contribution in [0.25, 0.3) is 0 Å². The van der Waals surface area contributed by atoms with E-state index in [1.165, 1.54) is 30.6 Å². The van der Waals surface area contributed by atoms with E-state index in [1.54, 1.807) is 0 Å². The Balaban J connectivity index is 1.76. The molecule has 2 saturated carbocycles. The number of hydrogen-bond donors (Lipinski definition) is 0. The molecule has 0 saturated heterocycles. The first kappa shape index (κ1) is 14.6. The van der Waals surface area contributed by atoms with Crippen LogP contribution in [0.3, 0.4) is 0 Å². The van der Waals surface area contributed by atoms with Gasteiger partial charge in [0.05, 0.1) is 10.8 Å². The van der Waals surface area contributed by atoms with Crippen molar-refractivity contribution in [2.75, 3.05) is 0 Å². The Labute approximate surface area is 140 Å². The van der Waals surface area contributed by atoms with Crippen LogP contribution >= 0.6 is 22.7 Å². The Morgan fingerprint density at radius 2 is 1.18 bits per heavy atom. The fourth-order valence-electron chi connectivity index (χ4n) is 4.16. The van der Waals surface area contributed by atoms with Gasteiger partial charge in [-0.3, -0.25) is 4.79 Å². The average Bonchev–Trinajstić information content (AvgIpc) is 3.36. The van der Waals surface area contributed by atoms with Crippen LogP contribution in [-0.2, 0) is 15.6 Å². The van der Waals surface area contributed by atoms with Crippen molar-refractivity contribution in [2.24, 2.45) is 0 Å². The maximum absolute atomic E-state index is 13.5. The summed E-state index contributed by atoms with van der Waals surface area (Å²) in [6.07, 6.45) is 4.19. The molecule has 0 unspecified atom stereocenters. The van der Waals surface area contributed by atoms with Crippen LogP contribution in [0.4, 0.5) is 0 Å². The van der Waals surface area contributed by atoms with Crippen molar-refractivity contribution in [3.8, 4) is 0 Å². The van der Waals surface area contributed by atoms with Crippen molar-refractivity contribution in [1.82, 2.24) is 0 Å². The lowest BCUT2D eigenvalue weighted by Crippen LogP contribution is -2.32. The molecule has 2 fully saturated rings. The molecule has 0 radical (unpaired) electrons. The summed E-state index contributed by atoms with van der Waals surface area (Å²) in [4.78, 5) is 18.9. The zero-order valence-electron chi connectivity index (χ0n) is 13.7. The van der Waals surface area contributed by atoms with Crippen molar-refractivity contribution in [1.29, 1.82) is 0 Å². The van der Waals surface area contributed by atoms with Gasteiger partial charge in [-0.1, -0.05) is 0 Å². The van der Waals surface area contributed by atoms with Gasteiger partial charge in [-0.25, -0.2) is 0 Å². The average molecular weight is 331 g/mol. The Kier molecular flexibility index (Phi) is 3.03. The lowest BCUT2D eigenvalue weighted by atomic mass is 9.79. The van der Waals surface area contributed by atoms with Crippen LogP contribution in [0.2, 0.25) is 0 Å². The summed E-state index contributed by atoms with van der Waals surface area (Å²) in [5, 5.41) is 0. The van der Waals surface area contributed by atoms with E-state index >= 15 is 0 Å². The third-order valence-corrected chi connectivity index (χ3v) is 7.41. The number of Topliss-reactive ketones (excluding diaryl/α,β-unsaturated/α-hetero) is 1. The number of ketones is 1. The van der Waals surface area contributed by atoms with Crippen molar-refractivity contribution in [2.45, 2.75) is 64.2 Å². The molecule has 0 bridgehead atoms. The third kappa shape index (κ3) is 1.91.